The lowest BCUT2D eigenvalue weighted by atomic mass is 10.2. The summed E-state index contributed by atoms with van der Waals surface area (Å²) in [6.07, 6.45) is 0. The molecule has 0 aliphatic heterocycles. The first-order valence-electron chi connectivity index (χ1n) is 5.46. The molecule has 0 aliphatic rings. The summed E-state index contributed by atoms with van der Waals surface area (Å²) in [5.74, 6) is 0. The molecule has 0 atom stereocenters. The minimum absolute atomic E-state index is 0.498. The van der Waals surface area contributed by atoms with E-state index < -0.39 is 0 Å². The molecule has 0 fully saturated rings. The molecule has 0 saturated heterocycles. The number of aromatic nitrogens is 4. The first-order chi connectivity index (χ1) is 8.25. The van der Waals surface area contributed by atoms with Crippen molar-refractivity contribution >= 4 is 12.2 Å². The topological polar surface area (TPSA) is 49.7 Å². The number of nitrogens with one attached hydrogen (secondary N) is 1. The molecule has 0 aliphatic carbocycles. The third kappa shape index (κ3) is 3.47. The van der Waals surface area contributed by atoms with Crippen molar-refractivity contribution in [2.75, 3.05) is 13.6 Å². The van der Waals surface area contributed by atoms with Gasteiger partial charge < -0.3 is 4.90 Å². The van der Waals surface area contributed by atoms with E-state index in [2.05, 4.69) is 51.7 Å². The Labute approximate surface area is 105 Å². The Bertz CT molecular complexity index is 504. The fraction of sp³-hybridized carbons (Fsp3) is 0.364. The fourth-order valence-electron chi connectivity index (χ4n) is 1.61. The average Bonchev–Trinajstić information content (AvgIpc) is 2.74. The second-order valence-electron chi connectivity index (χ2n) is 3.96. The number of likely N-dealkylation sites (N-methyl/N-ethyl adjacent to an activating group) is 1. The molecule has 90 valence electrons. The van der Waals surface area contributed by atoms with E-state index in [-0.39, 0.29) is 0 Å². The largest absolute Gasteiger partial charge is 0.300 e. The normalized spacial score (nSPS) is 10.9. The van der Waals surface area contributed by atoms with Gasteiger partial charge in [-0.3, -0.25) is 0 Å². The van der Waals surface area contributed by atoms with Crippen molar-refractivity contribution in [3.05, 3.63) is 40.7 Å². The predicted molar refractivity (Wildman–Crippen MR) is 68.0 cm³/mol. The van der Waals surface area contributed by atoms with Crippen LogP contribution in [-0.4, -0.2) is 38.7 Å². The number of benzene rings is 1. The summed E-state index contributed by atoms with van der Waals surface area (Å²) in [6.45, 7) is 2.60. The van der Waals surface area contributed by atoms with Gasteiger partial charge in [0.05, 0.1) is 6.54 Å². The van der Waals surface area contributed by atoms with Gasteiger partial charge in [0.2, 0.25) is 4.77 Å². The molecule has 1 aromatic carbocycles. The highest BCUT2D eigenvalue weighted by Gasteiger charge is 2.01. The summed E-state index contributed by atoms with van der Waals surface area (Å²) in [7, 11) is 2.08. The standard InChI is InChI=1S/C11H15N5S/c1-15(9-10-5-3-2-4-6-10)7-8-16-11(17)12-13-14-16/h2-6H,7-9H2,1H3,(H,12,14,17). The van der Waals surface area contributed by atoms with E-state index in [9.17, 15) is 0 Å². The van der Waals surface area contributed by atoms with Gasteiger partial charge in [0, 0.05) is 13.1 Å². The molecule has 6 heteroatoms. The Morgan fingerprint density at radius 1 is 1.35 bits per heavy atom. The molecule has 2 aromatic rings. The quantitative estimate of drug-likeness (QED) is 0.815. The minimum Gasteiger partial charge on any atom is -0.300 e. The Morgan fingerprint density at radius 3 is 2.76 bits per heavy atom. The zero-order chi connectivity index (χ0) is 12.1. The lowest BCUT2D eigenvalue weighted by Crippen LogP contribution is -2.23. The molecular weight excluding hydrogens is 234 g/mol. The van der Waals surface area contributed by atoms with E-state index in [0.717, 1.165) is 19.6 Å². The second-order valence-corrected chi connectivity index (χ2v) is 4.32. The number of hydrogen-bond acceptors (Lipinski definition) is 4. The highest BCUT2D eigenvalue weighted by molar-refractivity contribution is 7.71. The van der Waals surface area contributed by atoms with Crippen molar-refractivity contribution in [3.8, 4) is 0 Å². The van der Waals surface area contributed by atoms with Gasteiger partial charge >= 0.3 is 0 Å². The van der Waals surface area contributed by atoms with Crippen LogP contribution in [-0.2, 0) is 13.1 Å². The highest BCUT2D eigenvalue weighted by atomic mass is 32.1. The van der Waals surface area contributed by atoms with Crippen molar-refractivity contribution in [1.29, 1.82) is 0 Å². The Kier molecular flexibility index (Phi) is 4.00. The third-order valence-electron chi connectivity index (χ3n) is 2.53. The smallest absolute Gasteiger partial charge is 0.238 e. The number of rotatable bonds is 5. The molecule has 1 aromatic heterocycles. The van der Waals surface area contributed by atoms with E-state index in [1.807, 2.05) is 6.07 Å². The first kappa shape index (κ1) is 11.9. The van der Waals surface area contributed by atoms with Crippen LogP contribution in [0.25, 0.3) is 0 Å². The van der Waals surface area contributed by atoms with Gasteiger partial charge in [0.25, 0.3) is 0 Å². The molecule has 0 amide bonds. The van der Waals surface area contributed by atoms with Gasteiger partial charge in [-0.05, 0) is 24.8 Å². The Hall–Kier alpha value is -1.53. The molecule has 1 heterocycles. The molecule has 0 saturated carbocycles. The summed E-state index contributed by atoms with van der Waals surface area (Å²) in [5, 5.41) is 10.1. The Morgan fingerprint density at radius 2 is 2.12 bits per heavy atom. The van der Waals surface area contributed by atoms with Crippen LogP contribution in [0.2, 0.25) is 0 Å². The molecule has 2 rings (SSSR count). The van der Waals surface area contributed by atoms with Crippen molar-refractivity contribution < 1.29 is 0 Å². The van der Waals surface area contributed by atoms with E-state index in [4.69, 9.17) is 12.2 Å². The van der Waals surface area contributed by atoms with Gasteiger partial charge in [-0.15, -0.1) is 0 Å². The number of tetrazole rings is 1. The summed E-state index contributed by atoms with van der Waals surface area (Å²) in [6, 6.07) is 10.4. The van der Waals surface area contributed by atoms with Gasteiger partial charge in [-0.2, -0.15) is 5.21 Å². The maximum atomic E-state index is 5.01. The van der Waals surface area contributed by atoms with Gasteiger partial charge in [-0.25, -0.2) is 4.68 Å². The van der Waals surface area contributed by atoms with Crippen LogP contribution in [0.5, 0.6) is 0 Å². The lowest BCUT2D eigenvalue weighted by Gasteiger charge is -2.16. The summed E-state index contributed by atoms with van der Waals surface area (Å²) in [4.78, 5) is 2.23. The highest BCUT2D eigenvalue weighted by Crippen LogP contribution is 2.02. The molecule has 5 nitrogen and oxygen atoms in total. The minimum atomic E-state index is 0.498. The van der Waals surface area contributed by atoms with Crippen molar-refractivity contribution in [2.24, 2.45) is 0 Å². The lowest BCUT2D eigenvalue weighted by molar-refractivity contribution is 0.303. The monoisotopic (exact) mass is 249 g/mol. The molecule has 0 spiro atoms. The summed E-state index contributed by atoms with van der Waals surface area (Å²) >= 11 is 5.01. The van der Waals surface area contributed by atoms with E-state index in [1.54, 1.807) is 4.68 Å². The van der Waals surface area contributed by atoms with E-state index in [1.165, 1.54) is 5.56 Å². The van der Waals surface area contributed by atoms with Crippen LogP contribution in [0, 0.1) is 4.77 Å². The van der Waals surface area contributed by atoms with Gasteiger partial charge in [0.15, 0.2) is 0 Å². The van der Waals surface area contributed by atoms with Crippen LogP contribution in [0.4, 0.5) is 0 Å². The van der Waals surface area contributed by atoms with E-state index in [0.29, 0.717) is 4.77 Å². The SMILES string of the molecule is CN(CCn1[nH]nnc1=S)Cc1ccccc1. The Balaban J connectivity index is 1.84. The van der Waals surface area contributed by atoms with Crippen LogP contribution in [0.15, 0.2) is 30.3 Å². The fourth-order valence-corrected chi connectivity index (χ4v) is 1.78. The number of hydrogen-bond donors (Lipinski definition) is 1. The van der Waals surface area contributed by atoms with Gasteiger partial charge in [-0.1, -0.05) is 40.6 Å². The van der Waals surface area contributed by atoms with Crippen LogP contribution in [0.3, 0.4) is 0 Å². The number of aromatic amines is 1. The average molecular weight is 249 g/mol. The first-order valence-corrected chi connectivity index (χ1v) is 5.87. The number of H-pyrrole nitrogens is 1. The maximum Gasteiger partial charge on any atom is 0.238 e. The third-order valence-corrected chi connectivity index (χ3v) is 2.83. The molecule has 1 N–H and O–H groups in total. The zero-order valence-corrected chi connectivity index (χ0v) is 10.5. The zero-order valence-electron chi connectivity index (χ0n) is 9.71. The van der Waals surface area contributed by atoms with Crippen molar-refractivity contribution in [2.45, 2.75) is 13.1 Å². The van der Waals surface area contributed by atoms with Crippen LogP contribution >= 0.6 is 12.2 Å². The van der Waals surface area contributed by atoms with Crippen LogP contribution < -0.4 is 0 Å². The van der Waals surface area contributed by atoms with Crippen molar-refractivity contribution in [3.63, 3.8) is 0 Å². The molecular formula is C11H15N5S. The molecule has 0 radical (unpaired) electrons. The molecule has 0 unspecified atom stereocenters. The molecule has 0 bridgehead atoms. The second kappa shape index (κ2) is 5.70. The maximum absolute atomic E-state index is 5.01. The van der Waals surface area contributed by atoms with Gasteiger partial charge in [0.1, 0.15) is 0 Å². The summed E-state index contributed by atoms with van der Waals surface area (Å²) in [5.41, 5.74) is 1.31. The van der Waals surface area contributed by atoms with E-state index >= 15 is 0 Å². The predicted octanol–water partition coefficient (Wildman–Crippen LogP) is 1.47. The molecule has 17 heavy (non-hydrogen) atoms. The summed E-state index contributed by atoms with van der Waals surface area (Å²) < 4.78 is 2.26. The van der Waals surface area contributed by atoms with Crippen LogP contribution in [0.1, 0.15) is 5.56 Å². The van der Waals surface area contributed by atoms with Crippen molar-refractivity contribution in [1.82, 2.24) is 25.1 Å². The number of nitrogens with zero attached hydrogens (tertiary/aromatic N) is 4.